The molecule has 1 unspecified atom stereocenters. The summed E-state index contributed by atoms with van der Waals surface area (Å²) < 4.78 is 13.3. The molecule has 1 fully saturated rings. The molecule has 21 heavy (non-hydrogen) atoms. The number of aryl methyl sites for hydroxylation is 1. The van der Waals surface area contributed by atoms with Gasteiger partial charge in [-0.1, -0.05) is 39.2 Å². The van der Waals surface area contributed by atoms with Crippen molar-refractivity contribution in [1.29, 1.82) is 0 Å². The van der Waals surface area contributed by atoms with Gasteiger partial charge in [0.05, 0.1) is 0 Å². The molecule has 0 amide bonds. The van der Waals surface area contributed by atoms with Crippen LogP contribution in [0.2, 0.25) is 0 Å². The van der Waals surface area contributed by atoms with E-state index >= 15 is 0 Å². The van der Waals surface area contributed by atoms with E-state index in [1.165, 1.54) is 37.7 Å². The fourth-order valence-electron chi connectivity index (χ4n) is 3.70. The van der Waals surface area contributed by atoms with Crippen molar-refractivity contribution in [3.8, 4) is 0 Å². The average molecular weight is 291 g/mol. The molecule has 1 aromatic rings. The Balaban J connectivity index is 2.15. The summed E-state index contributed by atoms with van der Waals surface area (Å²) in [5, 5.41) is 3.78. The van der Waals surface area contributed by atoms with E-state index < -0.39 is 0 Å². The van der Waals surface area contributed by atoms with Gasteiger partial charge in [-0.2, -0.15) is 0 Å². The molecular formula is C19H30FN. The molecule has 118 valence electrons. The summed E-state index contributed by atoms with van der Waals surface area (Å²) >= 11 is 0. The third-order valence-corrected chi connectivity index (χ3v) is 5.21. The molecule has 1 N–H and O–H groups in total. The number of halogens is 1. The summed E-state index contributed by atoms with van der Waals surface area (Å²) in [4.78, 5) is 0. The van der Waals surface area contributed by atoms with Gasteiger partial charge in [-0.05, 0) is 67.8 Å². The van der Waals surface area contributed by atoms with Crippen LogP contribution in [-0.2, 0) is 6.42 Å². The fraction of sp³-hybridized carbons (Fsp3) is 0.684. The van der Waals surface area contributed by atoms with Gasteiger partial charge in [0.2, 0.25) is 0 Å². The lowest BCUT2D eigenvalue weighted by atomic mass is 9.69. The maximum atomic E-state index is 13.3. The van der Waals surface area contributed by atoms with E-state index in [9.17, 15) is 4.39 Å². The molecule has 0 aromatic heterocycles. The van der Waals surface area contributed by atoms with E-state index in [0.29, 0.717) is 11.5 Å². The Hall–Kier alpha value is -0.890. The zero-order valence-electron chi connectivity index (χ0n) is 13.8. The summed E-state index contributed by atoms with van der Waals surface area (Å²) in [5.41, 5.74) is 2.75. The van der Waals surface area contributed by atoms with E-state index in [0.717, 1.165) is 24.9 Å². The molecule has 2 heteroatoms. The van der Waals surface area contributed by atoms with Crippen LogP contribution in [0.25, 0.3) is 0 Å². The summed E-state index contributed by atoms with van der Waals surface area (Å²) in [7, 11) is 0. The van der Waals surface area contributed by atoms with Crippen LogP contribution in [0.5, 0.6) is 0 Å². The second kappa shape index (κ2) is 7.40. The van der Waals surface area contributed by atoms with Crippen molar-refractivity contribution in [2.24, 2.45) is 5.41 Å². The maximum absolute atomic E-state index is 13.3. The van der Waals surface area contributed by atoms with E-state index in [1.807, 2.05) is 13.0 Å². The lowest BCUT2D eigenvalue weighted by molar-refractivity contribution is 0.143. The molecule has 1 saturated carbocycles. The van der Waals surface area contributed by atoms with Crippen LogP contribution in [0.3, 0.4) is 0 Å². The fourth-order valence-corrected chi connectivity index (χ4v) is 3.70. The Morgan fingerprint density at radius 3 is 2.57 bits per heavy atom. The van der Waals surface area contributed by atoms with Crippen LogP contribution in [0.4, 0.5) is 4.39 Å². The second-order valence-corrected chi connectivity index (χ2v) is 7.00. The molecule has 1 atom stereocenters. The van der Waals surface area contributed by atoms with Crippen LogP contribution < -0.4 is 5.32 Å². The molecule has 0 bridgehead atoms. The largest absolute Gasteiger partial charge is 0.313 e. The molecule has 1 aliphatic carbocycles. The Bertz CT molecular complexity index is 449. The highest BCUT2D eigenvalue weighted by molar-refractivity contribution is 5.27. The first-order valence-corrected chi connectivity index (χ1v) is 8.53. The summed E-state index contributed by atoms with van der Waals surface area (Å²) in [5.74, 6) is -0.127. The molecule has 2 rings (SSSR count). The predicted molar refractivity (Wildman–Crippen MR) is 88.1 cm³/mol. The third-order valence-electron chi connectivity index (χ3n) is 5.21. The first kappa shape index (κ1) is 16.5. The number of hydrogen-bond donors (Lipinski definition) is 1. The van der Waals surface area contributed by atoms with Crippen LogP contribution in [0.1, 0.15) is 63.5 Å². The van der Waals surface area contributed by atoms with Gasteiger partial charge >= 0.3 is 0 Å². The first-order valence-electron chi connectivity index (χ1n) is 8.53. The summed E-state index contributed by atoms with van der Waals surface area (Å²) in [6, 6.07) is 5.73. The van der Waals surface area contributed by atoms with E-state index in [-0.39, 0.29) is 5.82 Å². The van der Waals surface area contributed by atoms with E-state index in [4.69, 9.17) is 0 Å². The highest BCUT2D eigenvalue weighted by Gasteiger charge is 2.35. The van der Waals surface area contributed by atoms with Gasteiger partial charge in [0, 0.05) is 6.04 Å². The second-order valence-electron chi connectivity index (χ2n) is 7.00. The number of benzene rings is 1. The molecule has 1 aromatic carbocycles. The smallest absolute Gasteiger partial charge is 0.123 e. The highest BCUT2D eigenvalue weighted by atomic mass is 19.1. The lowest BCUT2D eigenvalue weighted by Gasteiger charge is -2.42. The molecule has 0 saturated heterocycles. The normalized spacial score (nSPS) is 19.4. The van der Waals surface area contributed by atoms with Crippen molar-refractivity contribution in [2.75, 3.05) is 6.54 Å². The van der Waals surface area contributed by atoms with Crippen molar-refractivity contribution in [3.63, 3.8) is 0 Å². The zero-order valence-corrected chi connectivity index (χ0v) is 13.8. The highest BCUT2D eigenvalue weighted by Crippen LogP contribution is 2.40. The van der Waals surface area contributed by atoms with Crippen molar-refractivity contribution < 1.29 is 4.39 Å². The first-order chi connectivity index (χ1) is 10.0. The summed E-state index contributed by atoms with van der Waals surface area (Å²) in [6.45, 7) is 7.76. The van der Waals surface area contributed by atoms with E-state index in [2.05, 4.69) is 19.2 Å². The van der Waals surface area contributed by atoms with Crippen LogP contribution in [0.15, 0.2) is 18.2 Å². The van der Waals surface area contributed by atoms with Crippen molar-refractivity contribution in [3.05, 3.63) is 35.1 Å². The van der Waals surface area contributed by atoms with Crippen LogP contribution in [-0.4, -0.2) is 12.6 Å². The third kappa shape index (κ3) is 4.29. The van der Waals surface area contributed by atoms with Crippen LogP contribution >= 0.6 is 0 Å². The molecule has 1 nitrogen and oxygen atoms in total. The van der Waals surface area contributed by atoms with Crippen molar-refractivity contribution >= 4 is 0 Å². The predicted octanol–water partition coefficient (Wildman–Crippen LogP) is 5.02. The lowest BCUT2D eigenvalue weighted by Crippen LogP contribution is -2.46. The van der Waals surface area contributed by atoms with Crippen LogP contribution in [0, 0.1) is 18.2 Å². The zero-order chi connectivity index (χ0) is 15.3. The monoisotopic (exact) mass is 291 g/mol. The molecular weight excluding hydrogens is 261 g/mol. The molecule has 0 spiro atoms. The Kier molecular flexibility index (Phi) is 5.80. The van der Waals surface area contributed by atoms with Gasteiger partial charge in [-0.15, -0.1) is 0 Å². The minimum absolute atomic E-state index is 0.127. The SMILES string of the molecule is CCCNC(Cc1ccc(F)cc1C)C1(C)CCCCC1. The number of rotatable bonds is 6. The van der Waals surface area contributed by atoms with Gasteiger partial charge < -0.3 is 5.32 Å². The average Bonchev–Trinajstić information content (AvgIpc) is 2.46. The minimum atomic E-state index is -0.127. The number of hydrogen-bond acceptors (Lipinski definition) is 1. The van der Waals surface area contributed by atoms with Gasteiger partial charge in [0.15, 0.2) is 0 Å². The van der Waals surface area contributed by atoms with Crippen molar-refractivity contribution in [2.45, 2.75) is 71.8 Å². The Morgan fingerprint density at radius 1 is 1.24 bits per heavy atom. The minimum Gasteiger partial charge on any atom is -0.313 e. The molecule has 0 aliphatic heterocycles. The Labute approximate surface area is 129 Å². The number of nitrogens with one attached hydrogen (secondary N) is 1. The molecule has 0 radical (unpaired) electrons. The Morgan fingerprint density at radius 2 is 1.95 bits per heavy atom. The quantitative estimate of drug-likeness (QED) is 0.776. The summed E-state index contributed by atoms with van der Waals surface area (Å²) in [6.07, 6.45) is 8.89. The topological polar surface area (TPSA) is 12.0 Å². The molecule has 0 heterocycles. The standard InChI is InChI=1S/C19H30FN/c1-4-12-21-18(19(3)10-6-5-7-11-19)14-16-8-9-17(20)13-15(16)2/h8-9,13,18,21H,4-7,10-12,14H2,1-3H3. The van der Waals surface area contributed by atoms with Gasteiger partial charge in [-0.25, -0.2) is 4.39 Å². The van der Waals surface area contributed by atoms with Gasteiger partial charge in [-0.3, -0.25) is 0 Å². The van der Waals surface area contributed by atoms with E-state index in [1.54, 1.807) is 12.1 Å². The van der Waals surface area contributed by atoms with Gasteiger partial charge in [0.1, 0.15) is 5.82 Å². The molecule has 1 aliphatic rings. The maximum Gasteiger partial charge on any atom is 0.123 e. The van der Waals surface area contributed by atoms with Gasteiger partial charge in [0.25, 0.3) is 0 Å². The van der Waals surface area contributed by atoms with Crippen molar-refractivity contribution in [1.82, 2.24) is 5.32 Å².